The lowest BCUT2D eigenvalue weighted by Gasteiger charge is -2.42. The number of aryl methyl sites for hydroxylation is 1. The van der Waals surface area contributed by atoms with E-state index in [1.54, 1.807) is 23.2 Å². The summed E-state index contributed by atoms with van der Waals surface area (Å²) in [5, 5.41) is 9.94. The molecule has 1 aromatic carbocycles. The second kappa shape index (κ2) is 7.93. The minimum absolute atomic E-state index is 0.00386. The molecular weight excluding hydrogens is 335 g/mol. The van der Waals surface area contributed by atoms with Crippen LogP contribution in [0.5, 0.6) is 0 Å². The van der Waals surface area contributed by atoms with Crippen molar-refractivity contribution < 1.29 is 19.0 Å². The number of halogens is 1. The molecule has 0 spiro atoms. The molecule has 2 aromatic rings. The Hall–Kier alpha value is -2.31. The molecule has 0 radical (unpaired) electrons. The highest BCUT2D eigenvalue weighted by Gasteiger charge is 2.38. The average molecular weight is 358 g/mol. The maximum absolute atomic E-state index is 13.1. The Bertz CT molecular complexity index is 766. The van der Waals surface area contributed by atoms with Gasteiger partial charge in [-0.1, -0.05) is 12.1 Å². The molecule has 1 atom stereocenters. The molecule has 0 saturated carbocycles. The number of nitrogens with zero attached hydrogens (tertiary/aromatic N) is 2. The van der Waals surface area contributed by atoms with Crippen molar-refractivity contribution in [3.8, 4) is 0 Å². The van der Waals surface area contributed by atoms with Crippen LogP contribution in [0.2, 0.25) is 0 Å². The van der Waals surface area contributed by atoms with E-state index < -0.39 is 5.60 Å². The summed E-state index contributed by atoms with van der Waals surface area (Å²) in [6, 6.07) is 9.86. The molecule has 1 aliphatic heterocycles. The van der Waals surface area contributed by atoms with Crippen LogP contribution in [-0.2, 0) is 22.4 Å². The summed E-state index contributed by atoms with van der Waals surface area (Å²) in [6.45, 7) is 2.85. The van der Waals surface area contributed by atoms with Crippen LogP contribution in [0.25, 0.3) is 0 Å². The normalized spacial score (nSPS) is 20.2. The number of ether oxygens (including phenoxy) is 1. The van der Waals surface area contributed by atoms with E-state index in [1.807, 2.05) is 19.1 Å². The molecule has 0 bridgehead atoms. The van der Waals surface area contributed by atoms with Crippen LogP contribution < -0.4 is 0 Å². The standard InChI is InChI=1S/C20H23FN2O3/c1-15-10-17(6-7-22-15)11-19(25)23-8-9-26-20(13-23,14-24)12-16-2-4-18(21)5-3-16/h2-7,10,24H,8-9,11-14H2,1H3/t20-/m0/s1. The highest BCUT2D eigenvalue weighted by atomic mass is 19.1. The predicted molar refractivity (Wildman–Crippen MR) is 95.1 cm³/mol. The molecule has 1 fully saturated rings. The van der Waals surface area contributed by atoms with E-state index in [0.29, 0.717) is 32.5 Å². The third-order valence-corrected chi connectivity index (χ3v) is 4.65. The fourth-order valence-electron chi connectivity index (χ4n) is 3.29. The zero-order valence-electron chi connectivity index (χ0n) is 14.8. The van der Waals surface area contributed by atoms with Gasteiger partial charge in [0, 0.05) is 24.9 Å². The van der Waals surface area contributed by atoms with Crippen LogP contribution in [0, 0.1) is 12.7 Å². The van der Waals surface area contributed by atoms with Crippen molar-refractivity contribution in [2.45, 2.75) is 25.4 Å². The maximum Gasteiger partial charge on any atom is 0.227 e. The number of pyridine rings is 1. The number of benzene rings is 1. The number of hydrogen-bond acceptors (Lipinski definition) is 4. The maximum atomic E-state index is 13.1. The van der Waals surface area contributed by atoms with Crippen LogP contribution >= 0.6 is 0 Å². The number of aromatic nitrogens is 1. The number of rotatable bonds is 5. The molecule has 138 valence electrons. The second-order valence-electron chi connectivity index (χ2n) is 6.79. The molecule has 0 aliphatic carbocycles. The summed E-state index contributed by atoms with van der Waals surface area (Å²) in [5.74, 6) is -0.309. The number of carbonyl (C=O) groups is 1. The topological polar surface area (TPSA) is 62.7 Å². The van der Waals surface area contributed by atoms with Gasteiger partial charge in [-0.15, -0.1) is 0 Å². The summed E-state index contributed by atoms with van der Waals surface area (Å²) in [6.07, 6.45) is 2.41. The number of morpholine rings is 1. The van der Waals surface area contributed by atoms with Gasteiger partial charge in [-0.25, -0.2) is 4.39 Å². The third-order valence-electron chi connectivity index (χ3n) is 4.65. The van der Waals surface area contributed by atoms with Crippen LogP contribution in [-0.4, -0.2) is 52.8 Å². The fourth-order valence-corrected chi connectivity index (χ4v) is 3.29. The Morgan fingerprint density at radius 2 is 2.08 bits per heavy atom. The first-order valence-corrected chi connectivity index (χ1v) is 8.68. The van der Waals surface area contributed by atoms with E-state index in [1.165, 1.54) is 12.1 Å². The number of carbonyl (C=O) groups excluding carboxylic acids is 1. The van der Waals surface area contributed by atoms with Gasteiger partial charge in [-0.3, -0.25) is 9.78 Å². The Kier molecular flexibility index (Phi) is 5.64. The van der Waals surface area contributed by atoms with E-state index in [-0.39, 0.29) is 18.3 Å². The van der Waals surface area contributed by atoms with Crippen LogP contribution in [0.1, 0.15) is 16.8 Å². The molecule has 6 heteroatoms. The number of amides is 1. The van der Waals surface area contributed by atoms with Crippen molar-refractivity contribution in [3.63, 3.8) is 0 Å². The highest BCUT2D eigenvalue weighted by molar-refractivity contribution is 5.79. The van der Waals surface area contributed by atoms with Gasteiger partial charge in [0.25, 0.3) is 0 Å². The van der Waals surface area contributed by atoms with Crippen LogP contribution in [0.15, 0.2) is 42.6 Å². The highest BCUT2D eigenvalue weighted by Crippen LogP contribution is 2.24. The molecule has 3 rings (SSSR count). The summed E-state index contributed by atoms with van der Waals surface area (Å²) in [5.41, 5.74) is 1.79. The fraction of sp³-hybridized carbons (Fsp3) is 0.400. The largest absolute Gasteiger partial charge is 0.393 e. The molecule has 5 nitrogen and oxygen atoms in total. The van der Waals surface area contributed by atoms with Gasteiger partial charge in [0.2, 0.25) is 5.91 Å². The Labute approximate surface area is 152 Å². The molecule has 26 heavy (non-hydrogen) atoms. The number of hydrogen-bond donors (Lipinski definition) is 1. The van der Waals surface area contributed by atoms with E-state index >= 15 is 0 Å². The lowest BCUT2D eigenvalue weighted by molar-refractivity contribution is -0.157. The summed E-state index contributed by atoms with van der Waals surface area (Å²) in [7, 11) is 0. The van der Waals surface area contributed by atoms with E-state index in [2.05, 4.69) is 4.98 Å². The molecule has 1 amide bonds. The lowest BCUT2D eigenvalue weighted by atomic mass is 9.93. The molecular formula is C20H23FN2O3. The van der Waals surface area contributed by atoms with Crippen molar-refractivity contribution in [2.75, 3.05) is 26.3 Å². The molecule has 1 aliphatic rings. The Morgan fingerprint density at radius 1 is 1.31 bits per heavy atom. The van der Waals surface area contributed by atoms with Crippen molar-refractivity contribution in [1.82, 2.24) is 9.88 Å². The average Bonchev–Trinajstić information content (AvgIpc) is 2.64. The van der Waals surface area contributed by atoms with Crippen molar-refractivity contribution >= 4 is 5.91 Å². The van der Waals surface area contributed by atoms with E-state index in [4.69, 9.17) is 4.74 Å². The first-order valence-electron chi connectivity index (χ1n) is 8.68. The van der Waals surface area contributed by atoms with Gasteiger partial charge < -0.3 is 14.7 Å². The predicted octanol–water partition coefficient (Wildman–Crippen LogP) is 1.90. The van der Waals surface area contributed by atoms with Crippen LogP contribution in [0.3, 0.4) is 0 Å². The van der Waals surface area contributed by atoms with E-state index in [9.17, 15) is 14.3 Å². The van der Waals surface area contributed by atoms with E-state index in [0.717, 1.165) is 16.8 Å². The zero-order chi connectivity index (χ0) is 18.6. The van der Waals surface area contributed by atoms with Crippen molar-refractivity contribution in [2.24, 2.45) is 0 Å². The molecule has 0 unspecified atom stereocenters. The molecule has 1 N–H and O–H groups in total. The SMILES string of the molecule is Cc1cc(CC(=O)N2CCO[C@@](CO)(Cc3ccc(F)cc3)C2)ccn1. The number of aliphatic hydroxyl groups is 1. The number of aliphatic hydroxyl groups excluding tert-OH is 1. The first kappa shape index (κ1) is 18.5. The van der Waals surface area contributed by atoms with Crippen molar-refractivity contribution in [3.05, 3.63) is 65.2 Å². The van der Waals surface area contributed by atoms with Gasteiger partial charge in [0.15, 0.2) is 0 Å². The lowest BCUT2D eigenvalue weighted by Crippen LogP contribution is -2.57. The Morgan fingerprint density at radius 3 is 2.77 bits per heavy atom. The second-order valence-corrected chi connectivity index (χ2v) is 6.79. The third kappa shape index (κ3) is 4.45. The van der Waals surface area contributed by atoms with Gasteiger partial charge >= 0.3 is 0 Å². The van der Waals surface area contributed by atoms with Crippen molar-refractivity contribution in [1.29, 1.82) is 0 Å². The molecule has 1 aromatic heterocycles. The van der Waals surface area contributed by atoms with Gasteiger partial charge in [-0.05, 0) is 42.3 Å². The zero-order valence-corrected chi connectivity index (χ0v) is 14.8. The summed E-state index contributed by atoms with van der Waals surface area (Å²) >= 11 is 0. The summed E-state index contributed by atoms with van der Waals surface area (Å²) in [4.78, 5) is 18.6. The minimum Gasteiger partial charge on any atom is -0.393 e. The molecule has 2 heterocycles. The monoisotopic (exact) mass is 358 g/mol. The smallest absolute Gasteiger partial charge is 0.227 e. The first-order chi connectivity index (χ1) is 12.5. The van der Waals surface area contributed by atoms with Gasteiger partial charge in [0.05, 0.1) is 26.2 Å². The van der Waals surface area contributed by atoms with Gasteiger partial charge in [-0.2, -0.15) is 0 Å². The van der Waals surface area contributed by atoms with Gasteiger partial charge in [0.1, 0.15) is 11.4 Å². The summed E-state index contributed by atoms with van der Waals surface area (Å²) < 4.78 is 19.0. The minimum atomic E-state index is -0.861. The van der Waals surface area contributed by atoms with Crippen LogP contribution in [0.4, 0.5) is 4.39 Å². The Balaban J connectivity index is 1.69. The quantitative estimate of drug-likeness (QED) is 0.887. The molecule has 1 saturated heterocycles.